The first-order valence-corrected chi connectivity index (χ1v) is 8.78. The lowest BCUT2D eigenvalue weighted by molar-refractivity contribution is 0.804. The van der Waals surface area contributed by atoms with Crippen molar-refractivity contribution in [1.82, 2.24) is 0 Å². The van der Waals surface area contributed by atoms with Crippen LogP contribution < -0.4 is 10.6 Å². The zero-order valence-corrected chi connectivity index (χ0v) is 12.7. The van der Waals surface area contributed by atoms with Crippen LogP contribution in [0.2, 0.25) is 0 Å². The minimum Gasteiger partial charge on any atom is -0.370 e. The summed E-state index contributed by atoms with van der Waals surface area (Å²) in [5.41, 5.74) is 8.67. The van der Waals surface area contributed by atoms with Gasteiger partial charge in [-0.05, 0) is 30.1 Å². The fourth-order valence-corrected chi connectivity index (χ4v) is 4.07. The molecule has 1 aromatic carbocycles. The molecule has 100 valence electrons. The second kappa shape index (κ2) is 7.31. The molecule has 18 heavy (non-hydrogen) atoms. The van der Waals surface area contributed by atoms with Gasteiger partial charge >= 0.3 is 0 Å². The smallest absolute Gasteiger partial charge is 0.0423 e. The Bertz CT molecular complexity index is 374. The van der Waals surface area contributed by atoms with Gasteiger partial charge in [0.05, 0.1) is 0 Å². The molecule has 2 nitrogen and oxygen atoms in total. The Morgan fingerprint density at radius 1 is 1.33 bits per heavy atom. The van der Waals surface area contributed by atoms with Crippen molar-refractivity contribution in [3.8, 4) is 0 Å². The van der Waals surface area contributed by atoms with Gasteiger partial charge in [-0.25, -0.2) is 0 Å². The van der Waals surface area contributed by atoms with Gasteiger partial charge in [0.2, 0.25) is 0 Å². The third kappa shape index (κ3) is 3.37. The lowest BCUT2D eigenvalue weighted by Crippen LogP contribution is -2.27. The van der Waals surface area contributed by atoms with Crippen LogP contribution in [-0.4, -0.2) is 30.3 Å². The molecule has 1 aliphatic heterocycles. The second-order valence-corrected chi connectivity index (χ2v) is 6.87. The van der Waals surface area contributed by atoms with Gasteiger partial charge in [-0.2, -0.15) is 11.8 Å². The molecular formula is C14H22N2S2. The predicted octanol–water partition coefficient (Wildman–Crippen LogP) is 3.20. The molecule has 0 radical (unpaired) electrons. The van der Waals surface area contributed by atoms with Crippen molar-refractivity contribution >= 4 is 29.2 Å². The van der Waals surface area contributed by atoms with Gasteiger partial charge in [-0.15, -0.1) is 11.8 Å². The van der Waals surface area contributed by atoms with Crippen LogP contribution in [0.5, 0.6) is 0 Å². The van der Waals surface area contributed by atoms with Crippen LogP contribution in [0.4, 0.5) is 5.69 Å². The van der Waals surface area contributed by atoms with Crippen LogP contribution in [0.15, 0.2) is 23.1 Å². The number of rotatable bonds is 4. The van der Waals surface area contributed by atoms with Gasteiger partial charge < -0.3 is 10.6 Å². The van der Waals surface area contributed by atoms with Crippen molar-refractivity contribution in [2.45, 2.75) is 24.8 Å². The molecule has 1 heterocycles. The molecule has 4 heteroatoms. The maximum atomic E-state index is 5.98. The first kappa shape index (κ1) is 14.1. The first-order chi connectivity index (χ1) is 8.86. The maximum absolute atomic E-state index is 5.98. The van der Waals surface area contributed by atoms with Crippen molar-refractivity contribution in [3.63, 3.8) is 0 Å². The quantitative estimate of drug-likeness (QED) is 0.859. The lowest BCUT2D eigenvalue weighted by Gasteiger charge is -2.26. The maximum Gasteiger partial charge on any atom is 0.0423 e. The molecule has 0 unspecified atom stereocenters. The average Bonchev–Trinajstić information content (AvgIpc) is 2.67. The minimum atomic E-state index is 0.641. The summed E-state index contributed by atoms with van der Waals surface area (Å²) < 4.78 is 0. The van der Waals surface area contributed by atoms with Gasteiger partial charge in [0.15, 0.2) is 0 Å². The van der Waals surface area contributed by atoms with E-state index in [1.54, 1.807) is 0 Å². The van der Waals surface area contributed by atoms with Gasteiger partial charge in [0.1, 0.15) is 0 Å². The molecule has 0 amide bonds. The van der Waals surface area contributed by atoms with E-state index in [1.807, 2.05) is 11.8 Å². The molecule has 0 saturated carbocycles. The van der Waals surface area contributed by atoms with E-state index in [1.165, 1.54) is 40.6 Å². The summed E-state index contributed by atoms with van der Waals surface area (Å²) in [7, 11) is 0. The number of thioether (sulfide) groups is 2. The second-order valence-electron chi connectivity index (χ2n) is 4.34. The number of anilines is 1. The molecular weight excluding hydrogens is 260 g/mol. The average molecular weight is 282 g/mol. The van der Waals surface area contributed by atoms with Gasteiger partial charge in [0.25, 0.3) is 0 Å². The predicted molar refractivity (Wildman–Crippen MR) is 84.9 cm³/mol. The van der Waals surface area contributed by atoms with Crippen molar-refractivity contribution in [2.75, 3.05) is 35.2 Å². The van der Waals surface area contributed by atoms with Crippen molar-refractivity contribution in [3.05, 3.63) is 23.8 Å². The molecule has 0 bridgehead atoms. The highest BCUT2D eigenvalue weighted by Gasteiger charge is 2.15. The fourth-order valence-electron chi connectivity index (χ4n) is 2.33. The normalized spacial score (nSPS) is 16.7. The third-order valence-corrected chi connectivity index (χ3v) is 5.21. The van der Waals surface area contributed by atoms with Gasteiger partial charge in [0, 0.05) is 41.5 Å². The van der Waals surface area contributed by atoms with Crippen molar-refractivity contribution in [2.24, 2.45) is 5.73 Å². The molecule has 2 N–H and O–H groups in total. The Balaban J connectivity index is 2.27. The molecule has 0 atom stereocenters. The van der Waals surface area contributed by atoms with E-state index in [-0.39, 0.29) is 0 Å². The van der Waals surface area contributed by atoms with Crippen LogP contribution in [0.25, 0.3) is 0 Å². The fraction of sp³-hybridized carbons (Fsp3) is 0.571. The van der Waals surface area contributed by atoms with Crippen LogP contribution >= 0.6 is 23.5 Å². The third-order valence-electron chi connectivity index (χ3n) is 3.18. The Kier molecular flexibility index (Phi) is 5.73. The number of benzene rings is 1. The number of hydrogen-bond acceptors (Lipinski definition) is 4. The molecule has 1 aromatic rings. The Morgan fingerprint density at radius 3 is 3.00 bits per heavy atom. The topological polar surface area (TPSA) is 29.3 Å². The molecule has 0 spiro atoms. The highest BCUT2D eigenvalue weighted by atomic mass is 32.2. The Morgan fingerprint density at radius 2 is 2.22 bits per heavy atom. The van der Waals surface area contributed by atoms with E-state index < -0.39 is 0 Å². The van der Waals surface area contributed by atoms with Gasteiger partial charge in [-0.3, -0.25) is 0 Å². The minimum absolute atomic E-state index is 0.641. The molecule has 2 rings (SSSR count). The standard InChI is InChI=1S/C14H22N2S2/c1-2-18-14-6-3-5-13(12(14)11-15)16-7-4-9-17-10-8-16/h3,5-6H,2,4,7-11,15H2,1H3. The summed E-state index contributed by atoms with van der Waals surface area (Å²) in [6.07, 6.45) is 1.28. The zero-order valence-electron chi connectivity index (χ0n) is 11.0. The van der Waals surface area contributed by atoms with Crippen LogP contribution in [0.1, 0.15) is 18.9 Å². The van der Waals surface area contributed by atoms with E-state index in [0.29, 0.717) is 6.54 Å². The van der Waals surface area contributed by atoms with Crippen LogP contribution in [0, 0.1) is 0 Å². The Labute approximate surface area is 119 Å². The largest absolute Gasteiger partial charge is 0.370 e. The van der Waals surface area contributed by atoms with E-state index in [2.05, 4.69) is 41.8 Å². The van der Waals surface area contributed by atoms with Crippen LogP contribution in [0.3, 0.4) is 0 Å². The summed E-state index contributed by atoms with van der Waals surface area (Å²) in [6.45, 7) is 5.15. The summed E-state index contributed by atoms with van der Waals surface area (Å²) in [5, 5.41) is 0. The highest BCUT2D eigenvalue weighted by molar-refractivity contribution is 7.99. The van der Waals surface area contributed by atoms with E-state index in [9.17, 15) is 0 Å². The molecule has 0 aliphatic carbocycles. The summed E-state index contributed by atoms with van der Waals surface area (Å²) in [6, 6.07) is 6.61. The van der Waals surface area contributed by atoms with E-state index in [0.717, 1.165) is 12.3 Å². The SMILES string of the molecule is CCSc1cccc(N2CCCSCC2)c1CN. The van der Waals surface area contributed by atoms with Crippen molar-refractivity contribution in [1.29, 1.82) is 0 Å². The zero-order chi connectivity index (χ0) is 12.8. The molecule has 1 aliphatic rings. The van der Waals surface area contributed by atoms with E-state index in [4.69, 9.17) is 5.73 Å². The summed E-state index contributed by atoms with van der Waals surface area (Å²) in [5.74, 6) is 3.62. The van der Waals surface area contributed by atoms with Crippen molar-refractivity contribution < 1.29 is 0 Å². The molecule has 0 aromatic heterocycles. The van der Waals surface area contributed by atoms with E-state index >= 15 is 0 Å². The Hall–Kier alpha value is -0.320. The summed E-state index contributed by atoms with van der Waals surface area (Å²) >= 11 is 3.96. The number of hydrogen-bond donors (Lipinski definition) is 1. The lowest BCUT2D eigenvalue weighted by atomic mass is 10.1. The monoisotopic (exact) mass is 282 g/mol. The number of nitrogens with two attached hydrogens (primary N) is 1. The van der Waals surface area contributed by atoms with Gasteiger partial charge in [-0.1, -0.05) is 13.0 Å². The molecule has 1 saturated heterocycles. The molecule has 1 fully saturated rings. The summed E-state index contributed by atoms with van der Waals surface area (Å²) in [4.78, 5) is 3.87. The van der Waals surface area contributed by atoms with Crippen LogP contribution in [-0.2, 0) is 6.54 Å². The first-order valence-electron chi connectivity index (χ1n) is 6.64. The number of nitrogens with zero attached hydrogens (tertiary/aromatic N) is 1. The highest BCUT2D eigenvalue weighted by Crippen LogP contribution is 2.31.